The highest BCUT2D eigenvalue weighted by Crippen LogP contribution is 2.36. The standard InChI is InChI=1S/C20H27N3O2S/c1-2-25-16-7-8-17-18(11-16)22-20(21-17)26-13-19(24)23-10-9-14-5-3-4-6-15(14)12-23/h7-8,11,14-15H,2-6,9-10,12-13H2,1H3,(H,21,22)/t14-,15+/m0/s1. The fraction of sp³-hybridized carbons (Fsp3) is 0.600. The molecule has 1 saturated heterocycles. The Hall–Kier alpha value is -1.69. The minimum atomic E-state index is 0.245. The molecule has 2 aliphatic rings. The van der Waals surface area contributed by atoms with Crippen molar-refractivity contribution >= 4 is 28.7 Å². The Labute approximate surface area is 158 Å². The summed E-state index contributed by atoms with van der Waals surface area (Å²) in [5.41, 5.74) is 1.86. The first kappa shape index (κ1) is 17.7. The highest BCUT2D eigenvalue weighted by atomic mass is 32.2. The van der Waals surface area contributed by atoms with Crippen molar-refractivity contribution < 1.29 is 9.53 Å². The van der Waals surface area contributed by atoms with E-state index in [0.29, 0.717) is 12.4 Å². The number of thioether (sulfide) groups is 1. The van der Waals surface area contributed by atoms with Gasteiger partial charge in [0.1, 0.15) is 5.75 Å². The van der Waals surface area contributed by atoms with E-state index in [0.717, 1.165) is 46.9 Å². The van der Waals surface area contributed by atoms with Crippen LogP contribution in [0.25, 0.3) is 11.0 Å². The average molecular weight is 374 g/mol. The predicted molar refractivity (Wildman–Crippen MR) is 105 cm³/mol. The van der Waals surface area contributed by atoms with Crippen LogP contribution < -0.4 is 4.74 Å². The predicted octanol–water partition coefficient (Wildman–Crippen LogP) is 4.09. The van der Waals surface area contributed by atoms with Crippen LogP contribution >= 0.6 is 11.8 Å². The van der Waals surface area contributed by atoms with Gasteiger partial charge in [-0.25, -0.2) is 4.98 Å². The molecule has 26 heavy (non-hydrogen) atoms. The number of hydrogen-bond donors (Lipinski definition) is 1. The monoisotopic (exact) mass is 373 g/mol. The molecule has 0 unspecified atom stereocenters. The average Bonchev–Trinajstić information content (AvgIpc) is 3.08. The minimum Gasteiger partial charge on any atom is -0.494 e. The molecule has 140 valence electrons. The Kier molecular flexibility index (Phi) is 5.38. The molecule has 1 aromatic heterocycles. The quantitative estimate of drug-likeness (QED) is 0.802. The first-order valence-electron chi connectivity index (χ1n) is 9.76. The molecule has 1 aliphatic heterocycles. The number of hydrogen-bond acceptors (Lipinski definition) is 4. The van der Waals surface area contributed by atoms with Crippen molar-refractivity contribution in [2.75, 3.05) is 25.4 Å². The SMILES string of the molecule is CCOc1ccc2nc(SCC(=O)N3CC[C@@H]4CCCC[C@@H]4C3)[nH]c2c1. The summed E-state index contributed by atoms with van der Waals surface area (Å²) in [5.74, 6) is 3.13. The van der Waals surface area contributed by atoms with Crippen molar-refractivity contribution in [2.45, 2.75) is 44.2 Å². The van der Waals surface area contributed by atoms with Crippen LogP contribution in [0.15, 0.2) is 23.4 Å². The Morgan fingerprint density at radius 2 is 2.15 bits per heavy atom. The molecule has 1 saturated carbocycles. The lowest BCUT2D eigenvalue weighted by Gasteiger charge is -2.41. The summed E-state index contributed by atoms with van der Waals surface area (Å²) in [6.45, 7) is 4.51. The summed E-state index contributed by atoms with van der Waals surface area (Å²) < 4.78 is 5.53. The molecule has 6 heteroatoms. The molecule has 2 fully saturated rings. The van der Waals surface area contributed by atoms with Crippen molar-refractivity contribution in [2.24, 2.45) is 11.8 Å². The van der Waals surface area contributed by atoms with E-state index >= 15 is 0 Å². The van der Waals surface area contributed by atoms with E-state index in [1.165, 1.54) is 43.9 Å². The van der Waals surface area contributed by atoms with E-state index in [9.17, 15) is 4.79 Å². The number of amides is 1. The third-order valence-corrected chi connectivity index (χ3v) is 6.58. The van der Waals surface area contributed by atoms with Gasteiger partial charge < -0.3 is 14.6 Å². The summed E-state index contributed by atoms with van der Waals surface area (Å²) in [6, 6.07) is 5.85. The molecule has 0 radical (unpaired) electrons. The number of rotatable bonds is 5. The molecule has 1 amide bonds. The molecule has 2 atom stereocenters. The molecule has 1 aliphatic carbocycles. The molecule has 2 aromatic rings. The number of fused-ring (bicyclic) bond motifs is 2. The van der Waals surface area contributed by atoms with Gasteiger partial charge >= 0.3 is 0 Å². The van der Waals surface area contributed by atoms with E-state index in [1.54, 1.807) is 0 Å². The first-order valence-corrected chi connectivity index (χ1v) is 10.7. The zero-order chi connectivity index (χ0) is 17.9. The number of nitrogens with one attached hydrogen (secondary N) is 1. The van der Waals surface area contributed by atoms with Gasteiger partial charge in [-0.3, -0.25) is 4.79 Å². The summed E-state index contributed by atoms with van der Waals surface area (Å²) in [7, 11) is 0. The molecule has 1 N–H and O–H groups in total. The maximum atomic E-state index is 12.6. The molecule has 0 bridgehead atoms. The van der Waals surface area contributed by atoms with Crippen LogP contribution in [-0.2, 0) is 4.79 Å². The molecule has 0 spiro atoms. The number of imidazole rings is 1. The van der Waals surface area contributed by atoms with Crippen molar-refractivity contribution in [3.05, 3.63) is 18.2 Å². The zero-order valence-corrected chi connectivity index (χ0v) is 16.2. The topological polar surface area (TPSA) is 58.2 Å². The van der Waals surface area contributed by atoms with Crippen LogP contribution in [0.5, 0.6) is 5.75 Å². The Bertz CT molecular complexity index is 776. The Balaban J connectivity index is 1.34. The van der Waals surface area contributed by atoms with Crippen molar-refractivity contribution in [3.63, 3.8) is 0 Å². The number of carbonyl (C=O) groups is 1. The first-order chi connectivity index (χ1) is 12.7. The van der Waals surface area contributed by atoms with Crippen LogP contribution in [-0.4, -0.2) is 46.2 Å². The lowest BCUT2D eigenvalue weighted by molar-refractivity contribution is -0.131. The second-order valence-electron chi connectivity index (χ2n) is 7.38. The second-order valence-corrected chi connectivity index (χ2v) is 8.34. The maximum Gasteiger partial charge on any atom is 0.233 e. The number of piperidine rings is 1. The van der Waals surface area contributed by atoms with E-state index in [-0.39, 0.29) is 5.91 Å². The number of likely N-dealkylation sites (tertiary alicyclic amines) is 1. The van der Waals surface area contributed by atoms with Crippen LogP contribution in [0.2, 0.25) is 0 Å². The normalized spacial score (nSPS) is 23.0. The van der Waals surface area contributed by atoms with E-state index < -0.39 is 0 Å². The van der Waals surface area contributed by atoms with Crippen LogP contribution in [0, 0.1) is 11.8 Å². The van der Waals surface area contributed by atoms with E-state index in [1.807, 2.05) is 25.1 Å². The van der Waals surface area contributed by atoms with Gasteiger partial charge in [0.25, 0.3) is 0 Å². The molecule has 5 nitrogen and oxygen atoms in total. The Morgan fingerprint density at radius 1 is 1.31 bits per heavy atom. The highest BCUT2D eigenvalue weighted by Gasteiger charge is 2.32. The molecular formula is C20H27N3O2S. The molecule has 4 rings (SSSR count). The number of ether oxygens (including phenoxy) is 1. The lowest BCUT2D eigenvalue weighted by Crippen LogP contribution is -2.45. The second kappa shape index (κ2) is 7.91. The van der Waals surface area contributed by atoms with Gasteiger partial charge in [-0.1, -0.05) is 31.0 Å². The van der Waals surface area contributed by atoms with Crippen LogP contribution in [0.1, 0.15) is 39.0 Å². The van der Waals surface area contributed by atoms with Crippen molar-refractivity contribution in [3.8, 4) is 5.75 Å². The van der Waals surface area contributed by atoms with E-state index in [4.69, 9.17) is 4.74 Å². The van der Waals surface area contributed by atoms with Gasteiger partial charge in [-0.2, -0.15) is 0 Å². The van der Waals surface area contributed by atoms with Crippen molar-refractivity contribution in [1.29, 1.82) is 0 Å². The van der Waals surface area contributed by atoms with Gasteiger partial charge in [0.05, 0.1) is 23.4 Å². The lowest BCUT2D eigenvalue weighted by atomic mass is 9.75. The Morgan fingerprint density at radius 3 is 3.00 bits per heavy atom. The number of aromatic nitrogens is 2. The number of H-pyrrole nitrogens is 1. The minimum absolute atomic E-state index is 0.245. The fourth-order valence-electron chi connectivity index (χ4n) is 4.34. The van der Waals surface area contributed by atoms with Gasteiger partial charge in [-0.05, 0) is 43.7 Å². The van der Waals surface area contributed by atoms with Crippen LogP contribution in [0.3, 0.4) is 0 Å². The molecule has 2 heterocycles. The summed E-state index contributed by atoms with van der Waals surface area (Å²) >= 11 is 1.50. The van der Waals surface area contributed by atoms with Gasteiger partial charge in [0.2, 0.25) is 5.91 Å². The van der Waals surface area contributed by atoms with E-state index in [2.05, 4.69) is 14.9 Å². The highest BCUT2D eigenvalue weighted by molar-refractivity contribution is 7.99. The third kappa shape index (κ3) is 3.85. The number of benzene rings is 1. The molecular weight excluding hydrogens is 346 g/mol. The van der Waals surface area contributed by atoms with Gasteiger partial charge in [0, 0.05) is 19.2 Å². The zero-order valence-electron chi connectivity index (χ0n) is 15.4. The number of carbonyl (C=O) groups excluding carboxylic acids is 1. The molecule has 1 aromatic carbocycles. The third-order valence-electron chi connectivity index (χ3n) is 5.72. The summed E-state index contributed by atoms with van der Waals surface area (Å²) in [5, 5.41) is 0.801. The van der Waals surface area contributed by atoms with Gasteiger partial charge in [0.15, 0.2) is 5.16 Å². The number of nitrogens with zero attached hydrogens (tertiary/aromatic N) is 2. The maximum absolute atomic E-state index is 12.6. The largest absolute Gasteiger partial charge is 0.494 e. The summed E-state index contributed by atoms with van der Waals surface area (Å²) in [6.07, 6.45) is 6.56. The smallest absolute Gasteiger partial charge is 0.233 e. The summed E-state index contributed by atoms with van der Waals surface area (Å²) in [4.78, 5) is 22.6. The number of aromatic amines is 1. The fourth-order valence-corrected chi connectivity index (χ4v) is 5.13. The van der Waals surface area contributed by atoms with Crippen molar-refractivity contribution in [1.82, 2.24) is 14.9 Å². The van der Waals surface area contributed by atoms with Crippen LogP contribution in [0.4, 0.5) is 0 Å². The van der Waals surface area contributed by atoms with Gasteiger partial charge in [-0.15, -0.1) is 0 Å².